The van der Waals surface area contributed by atoms with E-state index in [1.54, 1.807) is 51.4 Å². The lowest BCUT2D eigenvalue weighted by Crippen LogP contribution is -2.52. The molecule has 68 heavy (non-hydrogen) atoms. The van der Waals surface area contributed by atoms with Crippen molar-refractivity contribution in [2.45, 2.75) is 343 Å². The number of fused-ring (bicyclic) bond motifs is 3. The van der Waals surface area contributed by atoms with E-state index >= 15 is 0 Å². The summed E-state index contributed by atoms with van der Waals surface area (Å²) < 4.78 is 0. The molecule has 0 bridgehead atoms. The van der Waals surface area contributed by atoms with Crippen LogP contribution >= 0.6 is 0 Å². The van der Waals surface area contributed by atoms with Gasteiger partial charge in [0.1, 0.15) is 6.23 Å². The Bertz CT molecular complexity index is 1380. The van der Waals surface area contributed by atoms with E-state index in [4.69, 9.17) is 4.84 Å². The molecule has 6 nitrogen and oxygen atoms in total. The fourth-order valence-corrected chi connectivity index (χ4v) is 20.8. The molecule has 12 rings (SSSR count). The fourth-order valence-electron chi connectivity index (χ4n) is 20.8. The zero-order valence-electron chi connectivity index (χ0n) is 44.1. The van der Waals surface area contributed by atoms with Crippen molar-refractivity contribution in [1.29, 1.82) is 0 Å². The summed E-state index contributed by atoms with van der Waals surface area (Å²) in [6.45, 7) is 0. The Morgan fingerprint density at radius 2 is 0.662 bits per heavy atom. The first-order chi connectivity index (χ1) is 33.7. The highest BCUT2D eigenvalue weighted by Crippen LogP contribution is 2.57. The highest BCUT2D eigenvalue weighted by molar-refractivity contribution is 5.09. The molecule has 0 aromatic rings. The Hall–Kier alpha value is -0.240. The van der Waals surface area contributed by atoms with Crippen LogP contribution < -0.4 is 10.8 Å². The van der Waals surface area contributed by atoms with Crippen LogP contribution in [0.3, 0.4) is 0 Å². The molecule has 0 amide bonds. The maximum absolute atomic E-state index is 6.32. The lowest BCUT2D eigenvalue weighted by molar-refractivity contribution is -0.0244. The second kappa shape index (κ2) is 23.1. The predicted molar refractivity (Wildman–Crippen MR) is 281 cm³/mol. The predicted octanol–water partition coefficient (Wildman–Crippen LogP) is 14.8. The molecular formula is C62H107N5O. The lowest BCUT2D eigenvalue weighted by Gasteiger charge is -2.50. The summed E-state index contributed by atoms with van der Waals surface area (Å²) in [5, 5.41) is 4.01. The highest BCUT2D eigenvalue weighted by Gasteiger charge is 2.56. The average Bonchev–Trinajstić information content (AvgIpc) is 4.04. The van der Waals surface area contributed by atoms with E-state index in [9.17, 15) is 0 Å². The number of rotatable bonds is 11. The van der Waals surface area contributed by atoms with Crippen molar-refractivity contribution < 1.29 is 4.84 Å². The minimum Gasteiger partial charge on any atom is -0.294 e. The first-order valence-electron chi connectivity index (χ1n) is 32.2. The van der Waals surface area contributed by atoms with Crippen molar-refractivity contribution in [3.63, 3.8) is 0 Å². The Morgan fingerprint density at radius 1 is 0.309 bits per heavy atom. The van der Waals surface area contributed by atoms with Gasteiger partial charge in [-0.15, -0.1) is 0 Å². The maximum atomic E-state index is 6.32. The first kappa shape index (κ1) is 48.7. The molecule has 0 radical (unpaired) electrons. The largest absolute Gasteiger partial charge is 0.294 e. The smallest absolute Gasteiger partial charge is 0.133 e. The third-order valence-corrected chi connectivity index (χ3v) is 24.1. The number of nitrogens with one attached hydrogen (secondary N) is 2. The van der Waals surface area contributed by atoms with Gasteiger partial charge in [0.15, 0.2) is 0 Å². The molecule has 2 heterocycles. The number of hydroxylamine groups is 1. The first-order valence-corrected chi connectivity index (χ1v) is 32.2. The molecular weight excluding hydrogens is 831 g/mol. The van der Waals surface area contributed by atoms with Crippen LogP contribution in [0, 0.1) is 47.3 Å². The van der Waals surface area contributed by atoms with Crippen LogP contribution in [0.2, 0.25) is 0 Å². The second-order valence-corrected chi connectivity index (χ2v) is 27.5. The third-order valence-electron chi connectivity index (χ3n) is 24.1. The second-order valence-electron chi connectivity index (χ2n) is 27.5. The standard InChI is InChI=1S/C62H107N5O/c1-6-16-47(17-7-1)62-63-61(64-68-62)46-30-38-56(39-31-46)67-59-40-32-48(44-26-34-54(35-27-44)65(50-18-8-2-9-19-50)51-20-10-3-11-21-51)42-57(59)58-43-49(33-41-60(58)67)45-28-36-55(37-29-45)66(52-22-12-4-13-23-52)53-24-14-5-15-25-53/h44-64H,1-43H2. The number of likely N-dealkylation sites (tertiary alicyclic amines) is 1. The van der Waals surface area contributed by atoms with Gasteiger partial charge in [-0.05, 0) is 221 Å². The summed E-state index contributed by atoms with van der Waals surface area (Å²) >= 11 is 0. The fraction of sp³-hybridized carbons (Fsp3) is 1.00. The van der Waals surface area contributed by atoms with Crippen LogP contribution in [0.25, 0.3) is 0 Å². The van der Waals surface area contributed by atoms with E-state index in [1.807, 2.05) is 0 Å². The SMILES string of the molecule is C1CCC(C2NC(C3CCC(N4C5CCC(C6CCC(N(C7CCCCC7)C7CCCCC7)CC6)CC5C5CC(C6CCC(N(C7CCCCC7)C7CCCCC7)CC6)CCC54)CC3)NO2)CC1. The van der Waals surface area contributed by atoms with Crippen LogP contribution in [0.5, 0.6) is 0 Å². The molecule has 0 aromatic heterocycles. The summed E-state index contributed by atoms with van der Waals surface area (Å²) in [6.07, 6.45) is 65.0. The van der Waals surface area contributed by atoms with E-state index in [2.05, 4.69) is 25.5 Å². The van der Waals surface area contributed by atoms with Gasteiger partial charge < -0.3 is 0 Å². The minimum absolute atomic E-state index is 0.244. The van der Waals surface area contributed by atoms with E-state index < -0.39 is 0 Å². The molecule has 386 valence electrons. The number of hydrogen-bond acceptors (Lipinski definition) is 6. The number of hydrogen-bond donors (Lipinski definition) is 2. The van der Waals surface area contributed by atoms with Crippen molar-refractivity contribution in [3.05, 3.63) is 0 Å². The van der Waals surface area contributed by atoms with Crippen molar-refractivity contribution in [2.24, 2.45) is 47.3 Å². The van der Waals surface area contributed by atoms with Crippen LogP contribution in [0.15, 0.2) is 0 Å². The van der Waals surface area contributed by atoms with Crippen molar-refractivity contribution in [1.82, 2.24) is 25.5 Å². The Kier molecular flexibility index (Phi) is 16.5. The molecule has 8 atom stereocenters. The molecule has 10 saturated carbocycles. The minimum atomic E-state index is 0.244. The zero-order valence-corrected chi connectivity index (χ0v) is 44.1. The van der Waals surface area contributed by atoms with Crippen LogP contribution in [0.4, 0.5) is 0 Å². The molecule has 0 spiro atoms. The van der Waals surface area contributed by atoms with E-state index in [1.165, 1.54) is 225 Å². The summed E-state index contributed by atoms with van der Waals surface area (Å²) in [5.41, 5.74) is 3.57. The molecule has 2 aliphatic heterocycles. The molecule has 2 saturated heterocycles. The average molecular weight is 939 g/mol. The molecule has 12 aliphatic rings. The van der Waals surface area contributed by atoms with Crippen LogP contribution in [-0.2, 0) is 4.84 Å². The van der Waals surface area contributed by atoms with Gasteiger partial charge in [0.2, 0.25) is 0 Å². The lowest BCUT2D eigenvalue weighted by atomic mass is 9.62. The molecule has 10 aliphatic carbocycles. The summed E-state index contributed by atoms with van der Waals surface area (Å²) in [5.74, 6) is 7.49. The Morgan fingerprint density at radius 3 is 1.07 bits per heavy atom. The van der Waals surface area contributed by atoms with Gasteiger partial charge in [0.05, 0.1) is 6.17 Å². The van der Waals surface area contributed by atoms with Crippen LogP contribution in [0.1, 0.15) is 276 Å². The van der Waals surface area contributed by atoms with Gasteiger partial charge in [0.25, 0.3) is 0 Å². The van der Waals surface area contributed by atoms with Gasteiger partial charge in [-0.3, -0.25) is 24.9 Å². The third kappa shape index (κ3) is 10.7. The normalized spacial score (nSPS) is 44.0. The van der Waals surface area contributed by atoms with Gasteiger partial charge in [0, 0.05) is 60.3 Å². The quantitative estimate of drug-likeness (QED) is 0.215. The van der Waals surface area contributed by atoms with Gasteiger partial charge in [-0.2, -0.15) is 5.48 Å². The highest BCUT2D eigenvalue weighted by atomic mass is 16.7. The Labute approximate surface area is 418 Å². The van der Waals surface area contributed by atoms with Crippen molar-refractivity contribution in [3.8, 4) is 0 Å². The molecule has 12 fully saturated rings. The van der Waals surface area contributed by atoms with E-state index in [-0.39, 0.29) is 6.23 Å². The van der Waals surface area contributed by atoms with Gasteiger partial charge in [-0.1, -0.05) is 96.3 Å². The Balaban J connectivity index is 0.710. The van der Waals surface area contributed by atoms with Gasteiger partial charge >= 0.3 is 0 Å². The van der Waals surface area contributed by atoms with E-state index in [0.29, 0.717) is 12.1 Å². The van der Waals surface area contributed by atoms with Crippen LogP contribution in [-0.4, -0.2) is 81.5 Å². The summed E-state index contributed by atoms with van der Waals surface area (Å²) in [7, 11) is 0. The monoisotopic (exact) mass is 938 g/mol. The zero-order chi connectivity index (χ0) is 45.2. The van der Waals surface area contributed by atoms with Crippen molar-refractivity contribution in [2.75, 3.05) is 0 Å². The molecule has 2 N–H and O–H groups in total. The summed E-state index contributed by atoms with van der Waals surface area (Å²) in [6, 6.07) is 8.09. The van der Waals surface area contributed by atoms with E-state index in [0.717, 1.165) is 95.8 Å². The molecule has 0 aromatic carbocycles. The summed E-state index contributed by atoms with van der Waals surface area (Å²) in [4.78, 5) is 16.2. The number of nitrogens with zero attached hydrogens (tertiary/aromatic N) is 3. The topological polar surface area (TPSA) is 43.0 Å². The van der Waals surface area contributed by atoms with Gasteiger partial charge in [-0.25, -0.2) is 0 Å². The van der Waals surface area contributed by atoms with Crippen molar-refractivity contribution >= 4 is 0 Å². The molecule has 8 unspecified atom stereocenters. The maximum Gasteiger partial charge on any atom is 0.133 e. The molecule has 6 heteroatoms.